The number of amides is 3. The zero-order valence-electron chi connectivity index (χ0n) is 36.0. The molecule has 0 bridgehead atoms. The van der Waals surface area contributed by atoms with E-state index in [1.807, 2.05) is 24.3 Å². The number of hydrogen-bond donors (Lipinski definition) is 2. The Kier molecular flexibility index (Phi) is 13.3. The van der Waals surface area contributed by atoms with E-state index in [1.165, 1.54) is 47.8 Å². The highest BCUT2D eigenvalue weighted by atomic mass is 16.3. The van der Waals surface area contributed by atoms with Gasteiger partial charge in [0.15, 0.2) is 0 Å². The fourth-order valence-corrected chi connectivity index (χ4v) is 10.5. The van der Waals surface area contributed by atoms with Gasteiger partial charge >= 0.3 is 0 Å². The molecule has 1 unspecified atom stereocenters. The first-order valence-corrected chi connectivity index (χ1v) is 22.4. The van der Waals surface area contributed by atoms with Crippen molar-refractivity contribution in [1.29, 1.82) is 0 Å². The van der Waals surface area contributed by atoms with Gasteiger partial charge in [0.05, 0.1) is 11.1 Å². The molecular weight excluding hydrogens is 779 g/mol. The van der Waals surface area contributed by atoms with E-state index in [9.17, 15) is 29.1 Å². The summed E-state index contributed by atoms with van der Waals surface area (Å²) < 4.78 is 0. The summed E-state index contributed by atoms with van der Waals surface area (Å²) in [4.78, 5) is 68.5. The van der Waals surface area contributed by atoms with Crippen molar-refractivity contribution in [3.05, 3.63) is 129 Å². The summed E-state index contributed by atoms with van der Waals surface area (Å²) in [7, 11) is 3.62. The number of phenolic OH excluding ortho intramolecular Hbond substituents is 1. The van der Waals surface area contributed by atoms with Crippen molar-refractivity contribution in [1.82, 2.24) is 20.0 Å². The predicted molar refractivity (Wildman–Crippen MR) is 239 cm³/mol. The van der Waals surface area contributed by atoms with Crippen LogP contribution in [0.15, 0.2) is 84.9 Å². The zero-order valence-corrected chi connectivity index (χ0v) is 36.0. The average Bonchev–Trinajstić information content (AvgIpc) is 3.81. The Morgan fingerprint density at radius 2 is 1.45 bits per heavy atom. The van der Waals surface area contributed by atoms with E-state index in [2.05, 4.69) is 87.7 Å². The third-order valence-corrected chi connectivity index (χ3v) is 14.0. The molecule has 2 saturated heterocycles. The molecule has 324 valence electrons. The summed E-state index contributed by atoms with van der Waals surface area (Å²) in [6.45, 7) is 6.75. The molecule has 4 aliphatic heterocycles. The highest BCUT2D eigenvalue weighted by molar-refractivity contribution is 6.23. The topological polar surface area (TPSA) is 131 Å². The van der Waals surface area contributed by atoms with Crippen LogP contribution in [0.4, 0.5) is 5.69 Å². The second kappa shape index (κ2) is 19.2. The van der Waals surface area contributed by atoms with E-state index in [0.717, 1.165) is 93.8 Å². The molecule has 4 aromatic carbocycles. The molecule has 11 nitrogen and oxygen atoms in total. The number of aryl methyl sites for hydroxylation is 1. The Hall–Kier alpha value is -5.65. The van der Waals surface area contributed by atoms with Gasteiger partial charge in [-0.3, -0.25) is 24.2 Å². The lowest BCUT2D eigenvalue weighted by molar-refractivity contribution is -0.124. The third kappa shape index (κ3) is 9.10. The van der Waals surface area contributed by atoms with Crippen molar-refractivity contribution in [3.63, 3.8) is 0 Å². The molecule has 62 heavy (non-hydrogen) atoms. The largest absolute Gasteiger partial charge is 0.508 e. The van der Waals surface area contributed by atoms with Gasteiger partial charge in [0.1, 0.15) is 24.4 Å². The molecular formula is C51H59N5O6. The maximum atomic E-state index is 13.1. The maximum absolute atomic E-state index is 13.1. The van der Waals surface area contributed by atoms with Crippen molar-refractivity contribution in [2.45, 2.75) is 82.3 Å². The summed E-state index contributed by atoms with van der Waals surface area (Å²) in [5, 5.41) is 12.5. The number of aldehydes is 2. The van der Waals surface area contributed by atoms with E-state index >= 15 is 0 Å². The SMILES string of the molecule is CNC(=O)C(CCC=O)N1C(=O)c2cc3c(cc2C1=O)CN(CC1CCN(C)CC1)C3.O=CC1CCN(c2ccc([C@@H]3c4ccc(O)cc4CC[C@@H]3c3ccccc3)cc2)CC1. The average molecular weight is 838 g/mol. The number of fused-ring (bicyclic) bond motifs is 3. The standard InChI is InChI=1S/C28H29NO2.C23H30N4O4/c30-19-20-14-16-29(17-15-20)24-9-6-22(7-10-24)28-26(21-4-2-1-3-5-21)12-8-23-18-25(31)11-13-27(23)28;1-24-21(29)20(4-3-9-28)27-22(30)18-10-16-13-26(12-15-5-7-25(2)8-6-15)14-17(16)11-19(18)23(27)31/h1-7,9-11,13,18-20,26,28,31H,8,12,14-17H2;9-11,15,20H,3-8,12-14H2,1-2H3,(H,24,29)/t26-,28+;/m1./s1. The Balaban J connectivity index is 0.000000171. The number of likely N-dealkylation sites (N-methyl/N-ethyl adjacent to an activating group) is 1. The van der Waals surface area contributed by atoms with Gasteiger partial charge in [-0.15, -0.1) is 0 Å². The first-order valence-electron chi connectivity index (χ1n) is 22.4. The summed E-state index contributed by atoms with van der Waals surface area (Å²) in [5.41, 5.74) is 9.44. The van der Waals surface area contributed by atoms with Gasteiger partial charge in [0, 0.05) is 63.7 Å². The van der Waals surface area contributed by atoms with Gasteiger partial charge in [-0.05, 0) is 147 Å². The van der Waals surface area contributed by atoms with Crippen molar-refractivity contribution in [2.75, 3.05) is 51.7 Å². The Morgan fingerprint density at radius 1 is 0.790 bits per heavy atom. The Bertz CT molecular complexity index is 2220. The second-order valence-corrected chi connectivity index (χ2v) is 17.9. The molecule has 0 radical (unpaired) electrons. The lowest BCUT2D eigenvalue weighted by atomic mass is 9.69. The number of aromatic hydroxyl groups is 1. The van der Waals surface area contributed by atoms with Crippen LogP contribution in [0.3, 0.4) is 0 Å². The number of anilines is 1. The second-order valence-electron chi connectivity index (χ2n) is 17.9. The van der Waals surface area contributed by atoms with E-state index in [-0.39, 0.29) is 24.7 Å². The molecule has 2 fully saturated rings. The molecule has 2 N–H and O–H groups in total. The van der Waals surface area contributed by atoms with Crippen LogP contribution in [-0.4, -0.2) is 103 Å². The molecule has 3 atom stereocenters. The third-order valence-electron chi connectivity index (χ3n) is 14.0. The van der Waals surface area contributed by atoms with Crippen molar-refractivity contribution in [2.24, 2.45) is 11.8 Å². The molecule has 0 aromatic heterocycles. The molecule has 4 aromatic rings. The van der Waals surface area contributed by atoms with Crippen molar-refractivity contribution < 1.29 is 29.1 Å². The van der Waals surface area contributed by atoms with Crippen LogP contribution in [0.1, 0.15) is 111 Å². The van der Waals surface area contributed by atoms with E-state index in [1.54, 1.807) is 0 Å². The molecule has 5 aliphatic rings. The number of nitrogens with one attached hydrogen (secondary N) is 1. The molecule has 9 rings (SSSR count). The lowest BCUT2D eigenvalue weighted by Gasteiger charge is -2.35. The lowest BCUT2D eigenvalue weighted by Crippen LogP contribution is -2.48. The highest BCUT2D eigenvalue weighted by Gasteiger charge is 2.43. The number of piperidine rings is 2. The quantitative estimate of drug-likeness (QED) is 0.125. The van der Waals surface area contributed by atoms with Gasteiger partial charge in [-0.1, -0.05) is 48.5 Å². The fraction of sp³-hybridized carbons (Fsp3) is 0.431. The van der Waals surface area contributed by atoms with Crippen molar-refractivity contribution >= 4 is 36.0 Å². The number of imide groups is 1. The zero-order chi connectivity index (χ0) is 43.3. The molecule has 0 saturated carbocycles. The summed E-state index contributed by atoms with van der Waals surface area (Å²) >= 11 is 0. The van der Waals surface area contributed by atoms with Crippen LogP contribution in [0.2, 0.25) is 0 Å². The van der Waals surface area contributed by atoms with Crippen LogP contribution >= 0.6 is 0 Å². The number of nitrogens with zero attached hydrogens (tertiary/aromatic N) is 4. The highest BCUT2D eigenvalue weighted by Crippen LogP contribution is 2.47. The van der Waals surface area contributed by atoms with Crippen molar-refractivity contribution in [3.8, 4) is 5.75 Å². The monoisotopic (exact) mass is 837 g/mol. The first kappa shape index (κ1) is 43.0. The smallest absolute Gasteiger partial charge is 0.262 e. The Morgan fingerprint density at radius 3 is 2.06 bits per heavy atom. The molecule has 0 spiro atoms. The predicted octanol–water partition coefficient (Wildman–Crippen LogP) is 6.70. The number of carbonyl (C=O) groups excluding carboxylic acids is 5. The number of carbonyl (C=O) groups is 5. The van der Waals surface area contributed by atoms with Gasteiger partial charge in [-0.2, -0.15) is 0 Å². The minimum atomic E-state index is -0.974. The van der Waals surface area contributed by atoms with Crippen LogP contribution in [0.25, 0.3) is 0 Å². The van der Waals surface area contributed by atoms with Crippen LogP contribution < -0.4 is 10.2 Å². The van der Waals surface area contributed by atoms with Gasteiger partial charge in [-0.25, -0.2) is 0 Å². The molecule has 4 heterocycles. The Labute approximate surface area is 365 Å². The van der Waals surface area contributed by atoms with Gasteiger partial charge in [0.25, 0.3) is 11.8 Å². The number of phenols is 1. The minimum Gasteiger partial charge on any atom is -0.508 e. The molecule has 1 aliphatic carbocycles. The number of benzene rings is 4. The van der Waals surface area contributed by atoms with Crippen LogP contribution in [0.5, 0.6) is 5.75 Å². The summed E-state index contributed by atoms with van der Waals surface area (Å²) in [6, 6.07) is 28.4. The first-order chi connectivity index (χ1) is 30.1. The number of rotatable bonds is 11. The maximum Gasteiger partial charge on any atom is 0.262 e. The van der Waals surface area contributed by atoms with Crippen LogP contribution in [0, 0.1) is 11.8 Å². The van der Waals surface area contributed by atoms with E-state index < -0.39 is 23.8 Å². The fourth-order valence-electron chi connectivity index (χ4n) is 10.5. The number of likely N-dealkylation sites (tertiary alicyclic amines) is 1. The van der Waals surface area contributed by atoms with Gasteiger partial charge < -0.3 is 29.8 Å². The number of hydrogen-bond acceptors (Lipinski definition) is 9. The minimum absolute atomic E-state index is 0.105. The van der Waals surface area contributed by atoms with E-state index in [0.29, 0.717) is 35.0 Å². The van der Waals surface area contributed by atoms with Crippen LogP contribution in [-0.2, 0) is 33.9 Å². The molecule has 3 amide bonds. The summed E-state index contributed by atoms with van der Waals surface area (Å²) in [5.74, 6) is 0.624. The van der Waals surface area contributed by atoms with E-state index in [4.69, 9.17) is 0 Å². The summed E-state index contributed by atoms with van der Waals surface area (Å²) in [6.07, 6.45) is 8.40. The normalized spacial score (nSPS) is 21.1. The molecule has 11 heteroatoms. The van der Waals surface area contributed by atoms with Gasteiger partial charge in [0.2, 0.25) is 5.91 Å².